The van der Waals surface area contributed by atoms with Crippen LogP contribution < -0.4 is 5.73 Å². The van der Waals surface area contributed by atoms with Gasteiger partial charge in [0.2, 0.25) is 0 Å². The maximum atomic E-state index is 6.01. The van der Waals surface area contributed by atoms with Gasteiger partial charge in [-0.25, -0.2) is 0 Å². The van der Waals surface area contributed by atoms with E-state index >= 15 is 0 Å². The first-order valence-corrected chi connectivity index (χ1v) is 5.74. The third-order valence-corrected chi connectivity index (χ3v) is 3.10. The SMILES string of the molecule is CCCC(N)CN1CCC(CC)C1. The van der Waals surface area contributed by atoms with Gasteiger partial charge in [-0.05, 0) is 25.3 Å². The van der Waals surface area contributed by atoms with Crippen molar-refractivity contribution in [2.75, 3.05) is 19.6 Å². The quantitative estimate of drug-likeness (QED) is 0.706. The molecule has 1 saturated heterocycles. The van der Waals surface area contributed by atoms with Crippen LogP contribution in [0.25, 0.3) is 0 Å². The zero-order chi connectivity index (χ0) is 9.68. The molecule has 0 aromatic rings. The summed E-state index contributed by atoms with van der Waals surface area (Å²) in [5.41, 5.74) is 6.01. The van der Waals surface area contributed by atoms with Crippen LogP contribution in [-0.4, -0.2) is 30.6 Å². The van der Waals surface area contributed by atoms with Crippen LogP contribution in [0.5, 0.6) is 0 Å². The minimum atomic E-state index is 0.403. The summed E-state index contributed by atoms with van der Waals surface area (Å²) in [7, 11) is 0. The molecular weight excluding hydrogens is 160 g/mol. The molecule has 0 bridgehead atoms. The number of hydrogen-bond donors (Lipinski definition) is 1. The summed E-state index contributed by atoms with van der Waals surface area (Å²) >= 11 is 0. The number of nitrogens with zero attached hydrogens (tertiary/aromatic N) is 1. The van der Waals surface area contributed by atoms with Crippen LogP contribution in [0, 0.1) is 5.92 Å². The first-order valence-electron chi connectivity index (χ1n) is 5.74. The highest BCUT2D eigenvalue weighted by atomic mass is 15.2. The highest BCUT2D eigenvalue weighted by molar-refractivity contribution is 4.77. The summed E-state index contributed by atoms with van der Waals surface area (Å²) < 4.78 is 0. The Hall–Kier alpha value is -0.0800. The molecular formula is C11H24N2. The molecule has 2 atom stereocenters. The van der Waals surface area contributed by atoms with Gasteiger partial charge >= 0.3 is 0 Å². The third-order valence-electron chi connectivity index (χ3n) is 3.10. The molecule has 2 nitrogen and oxygen atoms in total. The fourth-order valence-corrected chi connectivity index (χ4v) is 2.21. The van der Waals surface area contributed by atoms with E-state index in [9.17, 15) is 0 Å². The van der Waals surface area contributed by atoms with Crippen molar-refractivity contribution in [1.29, 1.82) is 0 Å². The molecule has 2 unspecified atom stereocenters. The molecule has 0 saturated carbocycles. The van der Waals surface area contributed by atoms with E-state index in [2.05, 4.69) is 18.7 Å². The Kier molecular flexibility index (Phi) is 4.74. The predicted molar refractivity (Wildman–Crippen MR) is 57.7 cm³/mol. The van der Waals surface area contributed by atoms with Crippen LogP contribution in [0.3, 0.4) is 0 Å². The molecule has 78 valence electrons. The average Bonchev–Trinajstić information content (AvgIpc) is 2.52. The Labute approximate surface area is 82.5 Å². The Morgan fingerprint density at radius 3 is 2.77 bits per heavy atom. The van der Waals surface area contributed by atoms with Crippen LogP contribution in [0.4, 0.5) is 0 Å². The Balaban J connectivity index is 2.16. The fraction of sp³-hybridized carbons (Fsp3) is 1.00. The van der Waals surface area contributed by atoms with Gasteiger partial charge in [0, 0.05) is 19.1 Å². The normalized spacial score (nSPS) is 26.5. The molecule has 0 aromatic heterocycles. The van der Waals surface area contributed by atoms with Crippen LogP contribution in [0.2, 0.25) is 0 Å². The van der Waals surface area contributed by atoms with E-state index < -0.39 is 0 Å². The molecule has 1 aliphatic heterocycles. The van der Waals surface area contributed by atoms with Gasteiger partial charge in [-0.2, -0.15) is 0 Å². The Morgan fingerprint density at radius 2 is 2.23 bits per heavy atom. The van der Waals surface area contributed by atoms with E-state index in [-0.39, 0.29) is 0 Å². The number of likely N-dealkylation sites (tertiary alicyclic amines) is 1. The molecule has 0 amide bonds. The summed E-state index contributed by atoms with van der Waals surface area (Å²) in [6.45, 7) is 8.17. The minimum absolute atomic E-state index is 0.403. The van der Waals surface area contributed by atoms with E-state index in [4.69, 9.17) is 5.73 Å². The molecule has 1 aliphatic rings. The van der Waals surface area contributed by atoms with Crippen molar-refractivity contribution in [1.82, 2.24) is 4.90 Å². The lowest BCUT2D eigenvalue weighted by Gasteiger charge is -2.20. The average molecular weight is 184 g/mol. The van der Waals surface area contributed by atoms with Gasteiger partial charge in [-0.15, -0.1) is 0 Å². The molecule has 2 N–H and O–H groups in total. The van der Waals surface area contributed by atoms with Gasteiger partial charge in [0.15, 0.2) is 0 Å². The molecule has 13 heavy (non-hydrogen) atoms. The third kappa shape index (κ3) is 3.65. The van der Waals surface area contributed by atoms with Crippen molar-refractivity contribution < 1.29 is 0 Å². The lowest BCUT2D eigenvalue weighted by molar-refractivity contribution is 0.294. The monoisotopic (exact) mass is 184 g/mol. The molecule has 1 fully saturated rings. The van der Waals surface area contributed by atoms with Crippen molar-refractivity contribution in [3.05, 3.63) is 0 Å². The van der Waals surface area contributed by atoms with E-state index in [1.54, 1.807) is 0 Å². The van der Waals surface area contributed by atoms with Gasteiger partial charge < -0.3 is 10.6 Å². The zero-order valence-electron chi connectivity index (χ0n) is 9.13. The van der Waals surface area contributed by atoms with Gasteiger partial charge in [-0.1, -0.05) is 26.7 Å². The van der Waals surface area contributed by atoms with Crippen LogP contribution in [-0.2, 0) is 0 Å². The van der Waals surface area contributed by atoms with Gasteiger partial charge in [0.25, 0.3) is 0 Å². The second-order valence-electron chi connectivity index (χ2n) is 4.37. The smallest absolute Gasteiger partial charge is 0.0167 e. The molecule has 0 aliphatic carbocycles. The van der Waals surface area contributed by atoms with Crippen LogP contribution in [0.1, 0.15) is 39.5 Å². The highest BCUT2D eigenvalue weighted by Gasteiger charge is 2.21. The van der Waals surface area contributed by atoms with Gasteiger partial charge in [0.1, 0.15) is 0 Å². The van der Waals surface area contributed by atoms with Crippen molar-refractivity contribution in [3.63, 3.8) is 0 Å². The predicted octanol–water partition coefficient (Wildman–Crippen LogP) is 1.85. The van der Waals surface area contributed by atoms with Crippen molar-refractivity contribution >= 4 is 0 Å². The minimum Gasteiger partial charge on any atom is -0.327 e. The van der Waals surface area contributed by atoms with Gasteiger partial charge in [0.05, 0.1) is 0 Å². The van der Waals surface area contributed by atoms with E-state index in [0.29, 0.717) is 6.04 Å². The summed E-state index contributed by atoms with van der Waals surface area (Å²) in [5.74, 6) is 0.939. The Bertz CT molecular complexity index is 136. The first-order chi connectivity index (χ1) is 6.26. The molecule has 1 rings (SSSR count). The molecule has 0 radical (unpaired) electrons. The highest BCUT2D eigenvalue weighted by Crippen LogP contribution is 2.19. The lowest BCUT2D eigenvalue weighted by atomic mass is 10.1. The van der Waals surface area contributed by atoms with Gasteiger partial charge in [-0.3, -0.25) is 0 Å². The van der Waals surface area contributed by atoms with E-state index in [1.165, 1.54) is 38.8 Å². The van der Waals surface area contributed by atoms with E-state index in [0.717, 1.165) is 12.5 Å². The van der Waals surface area contributed by atoms with Crippen molar-refractivity contribution in [2.24, 2.45) is 11.7 Å². The largest absolute Gasteiger partial charge is 0.327 e. The standard InChI is InChI=1S/C11H24N2/c1-3-5-11(12)9-13-7-6-10(4-2)8-13/h10-11H,3-9,12H2,1-2H3. The number of nitrogens with two attached hydrogens (primary N) is 1. The molecule has 2 heteroatoms. The topological polar surface area (TPSA) is 29.3 Å². The van der Waals surface area contributed by atoms with Crippen LogP contribution in [0.15, 0.2) is 0 Å². The number of rotatable bonds is 5. The molecule has 0 spiro atoms. The van der Waals surface area contributed by atoms with E-state index in [1.807, 2.05) is 0 Å². The zero-order valence-corrected chi connectivity index (χ0v) is 9.13. The summed E-state index contributed by atoms with van der Waals surface area (Å²) in [6.07, 6.45) is 5.11. The van der Waals surface area contributed by atoms with Crippen molar-refractivity contribution in [2.45, 2.75) is 45.6 Å². The Morgan fingerprint density at radius 1 is 1.46 bits per heavy atom. The first kappa shape index (κ1) is 11.0. The maximum absolute atomic E-state index is 6.01. The summed E-state index contributed by atoms with van der Waals surface area (Å²) in [5, 5.41) is 0. The summed E-state index contributed by atoms with van der Waals surface area (Å²) in [4.78, 5) is 2.54. The molecule has 0 aromatic carbocycles. The second-order valence-corrected chi connectivity index (χ2v) is 4.37. The van der Waals surface area contributed by atoms with Crippen LogP contribution >= 0.6 is 0 Å². The van der Waals surface area contributed by atoms with Crippen molar-refractivity contribution in [3.8, 4) is 0 Å². The number of hydrogen-bond acceptors (Lipinski definition) is 2. The molecule has 1 heterocycles. The lowest BCUT2D eigenvalue weighted by Crippen LogP contribution is -2.36. The fourth-order valence-electron chi connectivity index (χ4n) is 2.21. The maximum Gasteiger partial charge on any atom is 0.0167 e. The summed E-state index contributed by atoms with van der Waals surface area (Å²) in [6, 6.07) is 0.403. The second kappa shape index (κ2) is 5.61.